The van der Waals surface area contributed by atoms with E-state index in [-0.39, 0.29) is 18.5 Å². The highest BCUT2D eigenvalue weighted by Gasteiger charge is 2.40. The molecule has 0 aromatic heterocycles. The van der Waals surface area contributed by atoms with Crippen molar-refractivity contribution in [3.8, 4) is 0 Å². The molecule has 3 rings (SSSR count). The van der Waals surface area contributed by atoms with Crippen molar-refractivity contribution in [2.24, 2.45) is 23.5 Å². The second-order valence-corrected chi connectivity index (χ2v) is 5.92. The first-order valence-electron chi connectivity index (χ1n) is 6.89. The minimum Gasteiger partial charge on any atom is -0.374 e. The van der Waals surface area contributed by atoms with Crippen molar-refractivity contribution in [3.63, 3.8) is 0 Å². The molecule has 3 nitrogen and oxygen atoms in total. The van der Waals surface area contributed by atoms with Crippen molar-refractivity contribution in [1.82, 2.24) is 4.90 Å². The van der Waals surface area contributed by atoms with Crippen LogP contribution in [0.25, 0.3) is 0 Å². The lowest BCUT2D eigenvalue weighted by Crippen LogP contribution is -2.47. The van der Waals surface area contributed by atoms with E-state index in [1.165, 1.54) is 32.2 Å². The molecule has 2 bridgehead atoms. The fourth-order valence-corrected chi connectivity index (χ4v) is 4.02. The number of hydrogen-bond acceptors (Lipinski definition) is 3. The van der Waals surface area contributed by atoms with E-state index < -0.39 is 0 Å². The summed E-state index contributed by atoms with van der Waals surface area (Å²) in [6, 6.07) is 0. The summed E-state index contributed by atoms with van der Waals surface area (Å²) < 4.78 is 5.62. The number of morpholine rings is 1. The molecule has 2 saturated carbocycles. The van der Waals surface area contributed by atoms with Crippen molar-refractivity contribution in [3.05, 3.63) is 0 Å². The Morgan fingerprint density at radius 1 is 1.24 bits per heavy atom. The third kappa shape index (κ3) is 2.95. The number of rotatable bonds is 3. The molecule has 0 aromatic carbocycles. The maximum absolute atomic E-state index is 5.68. The fraction of sp³-hybridized carbons (Fsp3) is 1.00. The Bertz CT molecular complexity index is 252. The van der Waals surface area contributed by atoms with Gasteiger partial charge in [0, 0.05) is 26.2 Å². The van der Waals surface area contributed by atoms with Gasteiger partial charge in [0.1, 0.15) is 0 Å². The molecule has 3 fully saturated rings. The summed E-state index contributed by atoms with van der Waals surface area (Å²) in [6.07, 6.45) is 6.31. The van der Waals surface area contributed by atoms with Crippen LogP contribution in [0.3, 0.4) is 0 Å². The van der Waals surface area contributed by atoms with E-state index in [2.05, 4.69) is 4.90 Å². The zero-order chi connectivity index (χ0) is 11.0. The van der Waals surface area contributed by atoms with Gasteiger partial charge in [0.05, 0.1) is 12.7 Å². The second kappa shape index (κ2) is 5.87. The van der Waals surface area contributed by atoms with E-state index in [4.69, 9.17) is 10.5 Å². The average molecular weight is 261 g/mol. The van der Waals surface area contributed by atoms with Crippen molar-refractivity contribution >= 4 is 12.4 Å². The van der Waals surface area contributed by atoms with Gasteiger partial charge >= 0.3 is 0 Å². The number of fused-ring (bicyclic) bond motifs is 2. The fourth-order valence-electron chi connectivity index (χ4n) is 4.02. The van der Waals surface area contributed by atoms with Crippen molar-refractivity contribution in [2.75, 3.05) is 32.8 Å². The Hall–Kier alpha value is 0.170. The Balaban J connectivity index is 0.00000108. The van der Waals surface area contributed by atoms with Gasteiger partial charge in [-0.05, 0) is 37.0 Å². The molecular weight excluding hydrogens is 236 g/mol. The molecule has 0 amide bonds. The number of halogens is 1. The second-order valence-electron chi connectivity index (χ2n) is 5.92. The third-order valence-corrected chi connectivity index (χ3v) is 4.86. The van der Waals surface area contributed by atoms with Gasteiger partial charge in [0.15, 0.2) is 0 Å². The molecule has 17 heavy (non-hydrogen) atoms. The molecule has 0 spiro atoms. The molecule has 1 saturated heterocycles. The average Bonchev–Trinajstić information content (AvgIpc) is 2.91. The maximum Gasteiger partial charge on any atom is 0.0824 e. The molecule has 2 aliphatic carbocycles. The molecule has 0 radical (unpaired) electrons. The monoisotopic (exact) mass is 260 g/mol. The molecule has 0 aromatic rings. The van der Waals surface area contributed by atoms with Crippen LogP contribution in [0.15, 0.2) is 0 Å². The van der Waals surface area contributed by atoms with Gasteiger partial charge in [-0.15, -0.1) is 12.4 Å². The SMILES string of the molecule is Cl.NCC1CN(CC2CC3CCC2C3)CCO1. The normalized spacial score (nSPS) is 41.5. The molecular formula is C13H25ClN2O. The quantitative estimate of drug-likeness (QED) is 0.836. The van der Waals surface area contributed by atoms with E-state index in [0.717, 1.165) is 37.5 Å². The van der Waals surface area contributed by atoms with E-state index in [9.17, 15) is 0 Å². The number of hydrogen-bond donors (Lipinski definition) is 1. The Labute approximate surface area is 110 Å². The predicted octanol–water partition coefficient (Wildman–Crippen LogP) is 1.50. The molecule has 4 heteroatoms. The van der Waals surface area contributed by atoms with Crippen molar-refractivity contribution < 1.29 is 4.74 Å². The van der Waals surface area contributed by atoms with E-state index >= 15 is 0 Å². The van der Waals surface area contributed by atoms with Crippen LogP contribution in [-0.2, 0) is 4.74 Å². The highest BCUT2D eigenvalue weighted by molar-refractivity contribution is 5.85. The summed E-state index contributed by atoms with van der Waals surface area (Å²) in [7, 11) is 0. The lowest BCUT2D eigenvalue weighted by Gasteiger charge is -2.35. The molecule has 1 aliphatic heterocycles. The first-order chi connectivity index (χ1) is 7.85. The highest BCUT2D eigenvalue weighted by atomic mass is 35.5. The van der Waals surface area contributed by atoms with Gasteiger partial charge < -0.3 is 10.5 Å². The Kier molecular flexibility index (Phi) is 4.70. The van der Waals surface area contributed by atoms with Crippen LogP contribution in [0.1, 0.15) is 25.7 Å². The van der Waals surface area contributed by atoms with Crippen molar-refractivity contribution in [1.29, 1.82) is 0 Å². The summed E-state index contributed by atoms with van der Waals surface area (Å²) >= 11 is 0. The molecule has 100 valence electrons. The summed E-state index contributed by atoms with van der Waals surface area (Å²) in [5, 5.41) is 0. The summed E-state index contributed by atoms with van der Waals surface area (Å²) in [5.41, 5.74) is 5.68. The largest absolute Gasteiger partial charge is 0.374 e. The van der Waals surface area contributed by atoms with E-state index in [0.29, 0.717) is 6.54 Å². The first-order valence-corrected chi connectivity index (χ1v) is 6.89. The van der Waals surface area contributed by atoms with Gasteiger partial charge in [-0.25, -0.2) is 0 Å². The third-order valence-electron chi connectivity index (χ3n) is 4.86. The Morgan fingerprint density at radius 3 is 2.76 bits per heavy atom. The first kappa shape index (κ1) is 13.6. The minimum absolute atomic E-state index is 0. The van der Waals surface area contributed by atoms with Crippen LogP contribution in [0, 0.1) is 17.8 Å². The lowest BCUT2D eigenvalue weighted by molar-refractivity contribution is -0.0302. The lowest BCUT2D eigenvalue weighted by atomic mass is 9.88. The molecule has 3 aliphatic rings. The van der Waals surface area contributed by atoms with Crippen LogP contribution >= 0.6 is 12.4 Å². The van der Waals surface area contributed by atoms with Gasteiger partial charge in [0.2, 0.25) is 0 Å². The highest BCUT2D eigenvalue weighted by Crippen LogP contribution is 2.48. The Morgan fingerprint density at radius 2 is 2.12 bits per heavy atom. The number of nitrogens with two attached hydrogens (primary N) is 1. The standard InChI is InChI=1S/C13H24N2O.ClH/c14-7-13-9-15(3-4-16-13)8-12-6-10-1-2-11(12)5-10;/h10-13H,1-9,14H2;1H. The number of nitrogens with zero attached hydrogens (tertiary/aromatic N) is 1. The molecule has 4 unspecified atom stereocenters. The maximum atomic E-state index is 5.68. The van der Waals surface area contributed by atoms with Crippen LogP contribution in [0.2, 0.25) is 0 Å². The molecule has 2 N–H and O–H groups in total. The topological polar surface area (TPSA) is 38.5 Å². The minimum atomic E-state index is 0. The van der Waals surface area contributed by atoms with Gasteiger partial charge in [-0.1, -0.05) is 6.42 Å². The van der Waals surface area contributed by atoms with Gasteiger partial charge in [-0.2, -0.15) is 0 Å². The zero-order valence-corrected chi connectivity index (χ0v) is 11.3. The van der Waals surface area contributed by atoms with E-state index in [1.807, 2.05) is 0 Å². The predicted molar refractivity (Wildman–Crippen MR) is 71.4 cm³/mol. The van der Waals surface area contributed by atoms with Gasteiger partial charge in [0.25, 0.3) is 0 Å². The smallest absolute Gasteiger partial charge is 0.0824 e. The molecule has 1 heterocycles. The summed E-state index contributed by atoms with van der Waals surface area (Å²) in [5.74, 6) is 3.10. The van der Waals surface area contributed by atoms with Crippen LogP contribution < -0.4 is 5.73 Å². The summed E-state index contributed by atoms with van der Waals surface area (Å²) in [6.45, 7) is 5.03. The number of ether oxygens (including phenoxy) is 1. The van der Waals surface area contributed by atoms with Crippen LogP contribution in [0.4, 0.5) is 0 Å². The van der Waals surface area contributed by atoms with E-state index in [1.54, 1.807) is 0 Å². The summed E-state index contributed by atoms with van der Waals surface area (Å²) in [4.78, 5) is 2.59. The zero-order valence-electron chi connectivity index (χ0n) is 10.5. The van der Waals surface area contributed by atoms with Crippen LogP contribution in [0.5, 0.6) is 0 Å². The van der Waals surface area contributed by atoms with Crippen molar-refractivity contribution in [2.45, 2.75) is 31.8 Å². The van der Waals surface area contributed by atoms with Crippen LogP contribution in [-0.4, -0.2) is 43.8 Å². The molecule has 4 atom stereocenters. The van der Waals surface area contributed by atoms with Gasteiger partial charge in [-0.3, -0.25) is 4.90 Å².